The minimum absolute atomic E-state index is 0.0195. The lowest BCUT2D eigenvalue weighted by Crippen LogP contribution is -2.52. The summed E-state index contributed by atoms with van der Waals surface area (Å²) in [7, 11) is -3.01. The highest BCUT2D eigenvalue weighted by Crippen LogP contribution is 2.21. The van der Waals surface area contributed by atoms with Gasteiger partial charge in [-0.25, -0.2) is 12.8 Å². The van der Waals surface area contributed by atoms with Crippen molar-refractivity contribution in [1.29, 1.82) is 0 Å². The Kier molecular flexibility index (Phi) is 5.82. The lowest BCUT2D eigenvalue weighted by atomic mass is 10.2. The zero-order valence-corrected chi connectivity index (χ0v) is 15.9. The van der Waals surface area contributed by atoms with Crippen LogP contribution in [0, 0.1) is 5.82 Å². The molecule has 2 saturated heterocycles. The molecule has 2 aliphatic rings. The van der Waals surface area contributed by atoms with Crippen molar-refractivity contribution >= 4 is 21.4 Å². The van der Waals surface area contributed by atoms with Gasteiger partial charge in [-0.05, 0) is 25.5 Å². The maximum Gasteiger partial charge on any atom is 0.237 e. The van der Waals surface area contributed by atoms with Crippen molar-refractivity contribution in [3.8, 4) is 0 Å². The van der Waals surface area contributed by atoms with E-state index >= 15 is 0 Å². The van der Waals surface area contributed by atoms with Gasteiger partial charge >= 0.3 is 0 Å². The van der Waals surface area contributed by atoms with Crippen molar-refractivity contribution in [2.45, 2.75) is 19.4 Å². The van der Waals surface area contributed by atoms with Crippen molar-refractivity contribution < 1.29 is 17.6 Å². The van der Waals surface area contributed by atoms with Crippen molar-refractivity contribution in [3.63, 3.8) is 0 Å². The lowest BCUT2D eigenvalue weighted by molar-refractivity contribution is -0.134. The number of carbonyl (C=O) groups is 1. The molecule has 2 aliphatic heterocycles. The van der Waals surface area contributed by atoms with E-state index < -0.39 is 9.84 Å². The number of carbonyl (C=O) groups excluding carboxylic acids is 1. The lowest BCUT2D eigenvalue weighted by Gasteiger charge is -2.37. The van der Waals surface area contributed by atoms with E-state index in [1.165, 1.54) is 6.07 Å². The van der Waals surface area contributed by atoms with Gasteiger partial charge in [-0.1, -0.05) is 12.1 Å². The van der Waals surface area contributed by atoms with E-state index in [1.54, 1.807) is 17.0 Å². The molecule has 3 rings (SSSR count). The van der Waals surface area contributed by atoms with Crippen LogP contribution >= 0.6 is 0 Å². The first kappa shape index (κ1) is 19.1. The highest BCUT2D eigenvalue weighted by Gasteiger charge is 2.34. The average Bonchev–Trinajstić information content (AvgIpc) is 2.96. The topological polar surface area (TPSA) is 60.9 Å². The second kappa shape index (κ2) is 7.92. The Hall–Kier alpha value is -1.67. The molecule has 0 radical (unpaired) electrons. The standard InChI is InChI=1S/C18H26FN3O3S/c1-2-22(15-7-12-26(24,25)14-15)18(23)13-20-8-10-21(11-9-20)17-6-4-3-5-16(17)19/h3-6,15H,2,7-14H2,1H3/t15-/m1/s1. The summed E-state index contributed by atoms with van der Waals surface area (Å²) in [5.74, 6) is 0.00159. The van der Waals surface area contributed by atoms with E-state index in [-0.39, 0.29) is 35.8 Å². The van der Waals surface area contributed by atoms with Crippen LogP contribution in [0.5, 0.6) is 0 Å². The van der Waals surface area contributed by atoms with E-state index in [0.29, 0.717) is 44.8 Å². The SMILES string of the molecule is CCN(C(=O)CN1CCN(c2ccccc2F)CC1)[C@@H]1CCS(=O)(=O)C1. The molecule has 1 aromatic carbocycles. The molecule has 0 bridgehead atoms. The van der Waals surface area contributed by atoms with E-state index in [4.69, 9.17) is 0 Å². The molecule has 0 saturated carbocycles. The fourth-order valence-electron chi connectivity index (χ4n) is 3.80. The molecule has 2 heterocycles. The molecule has 2 fully saturated rings. The van der Waals surface area contributed by atoms with Crippen LogP contribution in [0.15, 0.2) is 24.3 Å². The summed E-state index contributed by atoms with van der Waals surface area (Å²) in [6.45, 7) is 5.39. The zero-order valence-electron chi connectivity index (χ0n) is 15.1. The van der Waals surface area contributed by atoms with Crippen LogP contribution in [-0.2, 0) is 14.6 Å². The fraction of sp³-hybridized carbons (Fsp3) is 0.611. The van der Waals surface area contributed by atoms with Crippen molar-refractivity contribution in [3.05, 3.63) is 30.1 Å². The van der Waals surface area contributed by atoms with Crippen LogP contribution in [0.4, 0.5) is 10.1 Å². The van der Waals surface area contributed by atoms with Crippen LogP contribution < -0.4 is 4.90 Å². The first-order valence-corrected chi connectivity index (χ1v) is 10.9. The molecule has 144 valence electrons. The first-order valence-electron chi connectivity index (χ1n) is 9.11. The summed E-state index contributed by atoms with van der Waals surface area (Å²) in [5.41, 5.74) is 0.602. The minimum Gasteiger partial charge on any atom is -0.367 e. The second-order valence-corrected chi connectivity index (χ2v) is 9.18. The number of halogens is 1. The number of piperazine rings is 1. The summed E-state index contributed by atoms with van der Waals surface area (Å²) in [5, 5.41) is 0. The maximum absolute atomic E-state index is 13.9. The van der Waals surface area contributed by atoms with E-state index in [0.717, 1.165) is 0 Å². The number of sulfone groups is 1. The zero-order chi connectivity index (χ0) is 18.7. The number of hydrogen-bond acceptors (Lipinski definition) is 5. The van der Waals surface area contributed by atoms with Gasteiger partial charge in [0.25, 0.3) is 0 Å². The Balaban J connectivity index is 1.53. The predicted octanol–water partition coefficient (Wildman–Crippen LogP) is 0.983. The van der Waals surface area contributed by atoms with Crippen LogP contribution in [-0.4, -0.2) is 80.9 Å². The number of amides is 1. The predicted molar refractivity (Wildman–Crippen MR) is 99.5 cm³/mol. The van der Waals surface area contributed by atoms with E-state index in [1.807, 2.05) is 17.9 Å². The molecule has 0 spiro atoms. The van der Waals surface area contributed by atoms with Crippen molar-refractivity contribution in [2.75, 3.05) is 55.7 Å². The number of rotatable bonds is 5. The highest BCUT2D eigenvalue weighted by molar-refractivity contribution is 7.91. The van der Waals surface area contributed by atoms with Crippen LogP contribution in [0.2, 0.25) is 0 Å². The monoisotopic (exact) mass is 383 g/mol. The molecule has 1 amide bonds. The molecule has 0 aliphatic carbocycles. The molecular formula is C18H26FN3O3S. The number of para-hydroxylation sites is 1. The first-order chi connectivity index (χ1) is 12.4. The van der Waals surface area contributed by atoms with Gasteiger partial charge in [0.2, 0.25) is 5.91 Å². The van der Waals surface area contributed by atoms with Crippen LogP contribution in [0.3, 0.4) is 0 Å². The molecule has 0 unspecified atom stereocenters. The van der Waals surface area contributed by atoms with Gasteiger partial charge in [-0.2, -0.15) is 0 Å². The molecule has 1 atom stereocenters. The molecular weight excluding hydrogens is 357 g/mol. The van der Waals surface area contributed by atoms with Gasteiger partial charge < -0.3 is 9.80 Å². The average molecular weight is 383 g/mol. The van der Waals surface area contributed by atoms with Gasteiger partial charge in [0.1, 0.15) is 5.82 Å². The van der Waals surface area contributed by atoms with Crippen molar-refractivity contribution in [2.24, 2.45) is 0 Å². The summed E-state index contributed by atoms with van der Waals surface area (Å²) in [6, 6.07) is 6.53. The van der Waals surface area contributed by atoms with Gasteiger partial charge in [-0.15, -0.1) is 0 Å². The Morgan fingerprint density at radius 3 is 2.50 bits per heavy atom. The summed E-state index contributed by atoms with van der Waals surface area (Å²) < 4.78 is 37.3. The Bertz CT molecular complexity index is 748. The van der Waals surface area contributed by atoms with Gasteiger partial charge in [0, 0.05) is 38.8 Å². The molecule has 6 nitrogen and oxygen atoms in total. The molecule has 0 aromatic heterocycles. The van der Waals surface area contributed by atoms with Gasteiger partial charge in [0.15, 0.2) is 9.84 Å². The normalized spacial score (nSPS) is 23.2. The second-order valence-electron chi connectivity index (χ2n) is 6.95. The number of anilines is 1. The summed E-state index contributed by atoms with van der Waals surface area (Å²) in [6.07, 6.45) is 0.531. The summed E-state index contributed by atoms with van der Waals surface area (Å²) in [4.78, 5) is 18.4. The van der Waals surface area contributed by atoms with E-state index in [2.05, 4.69) is 4.90 Å². The van der Waals surface area contributed by atoms with Crippen LogP contribution in [0.1, 0.15) is 13.3 Å². The number of likely N-dealkylation sites (N-methyl/N-ethyl adjacent to an activating group) is 1. The van der Waals surface area contributed by atoms with Crippen molar-refractivity contribution in [1.82, 2.24) is 9.80 Å². The van der Waals surface area contributed by atoms with Crippen LogP contribution in [0.25, 0.3) is 0 Å². The third-order valence-corrected chi connectivity index (χ3v) is 6.98. The number of benzene rings is 1. The number of nitrogens with zero attached hydrogens (tertiary/aromatic N) is 3. The Morgan fingerprint density at radius 2 is 1.92 bits per heavy atom. The summed E-state index contributed by atoms with van der Waals surface area (Å²) >= 11 is 0. The minimum atomic E-state index is -3.01. The molecule has 8 heteroatoms. The number of hydrogen-bond donors (Lipinski definition) is 0. The van der Waals surface area contributed by atoms with E-state index in [9.17, 15) is 17.6 Å². The van der Waals surface area contributed by atoms with Gasteiger partial charge in [0.05, 0.1) is 23.7 Å². The van der Waals surface area contributed by atoms with Gasteiger partial charge in [-0.3, -0.25) is 9.69 Å². The molecule has 0 N–H and O–H groups in total. The Labute approximate surface area is 154 Å². The molecule has 1 aromatic rings. The fourth-order valence-corrected chi connectivity index (χ4v) is 5.53. The molecule has 26 heavy (non-hydrogen) atoms. The maximum atomic E-state index is 13.9. The quantitative estimate of drug-likeness (QED) is 0.759. The third-order valence-electron chi connectivity index (χ3n) is 5.23. The Morgan fingerprint density at radius 1 is 1.23 bits per heavy atom. The smallest absolute Gasteiger partial charge is 0.237 e. The largest absolute Gasteiger partial charge is 0.367 e. The highest BCUT2D eigenvalue weighted by atomic mass is 32.2. The third kappa shape index (κ3) is 4.35.